The van der Waals surface area contributed by atoms with E-state index in [4.69, 9.17) is 4.74 Å². The van der Waals surface area contributed by atoms with E-state index in [0.717, 1.165) is 25.9 Å². The van der Waals surface area contributed by atoms with Gasteiger partial charge in [0, 0.05) is 25.2 Å². The molecule has 132 valence electrons. The molecule has 5 heteroatoms. The van der Waals surface area contributed by atoms with Crippen LogP contribution < -0.4 is 4.74 Å². The van der Waals surface area contributed by atoms with Gasteiger partial charge in [0.05, 0.1) is 12.7 Å². The van der Waals surface area contributed by atoms with E-state index in [1.165, 1.54) is 4.90 Å². The van der Waals surface area contributed by atoms with Crippen molar-refractivity contribution in [2.24, 2.45) is 5.92 Å². The SMILES string of the molecule is C=CCN1C(=O)C(c2ccccc2OC)=C(N2CCC(C)CC2)C1=O. The molecule has 0 radical (unpaired) electrons. The van der Waals surface area contributed by atoms with Crippen molar-refractivity contribution in [1.29, 1.82) is 0 Å². The molecule has 1 saturated heterocycles. The van der Waals surface area contributed by atoms with E-state index in [-0.39, 0.29) is 18.4 Å². The lowest BCUT2D eigenvalue weighted by atomic mass is 9.97. The van der Waals surface area contributed by atoms with Crippen LogP contribution in [-0.2, 0) is 9.59 Å². The van der Waals surface area contributed by atoms with Gasteiger partial charge in [0.2, 0.25) is 0 Å². The number of carbonyl (C=O) groups excluding carboxylic acids is 2. The molecule has 1 fully saturated rings. The number of methoxy groups -OCH3 is 1. The summed E-state index contributed by atoms with van der Waals surface area (Å²) in [5, 5.41) is 0. The van der Waals surface area contributed by atoms with Gasteiger partial charge in [0.25, 0.3) is 11.8 Å². The van der Waals surface area contributed by atoms with Gasteiger partial charge in [0.15, 0.2) is 0 Å². The first kappa shape index (κ1) is 17.3. The third-order valence-corrected chi connectivity index (χ3v) is 4.93. The van der Waals surface area contributed by atoms with Crippen LogP contribution in [0, 0.1) is 5.92 Å². The topological polar surface area (TPSA) is 49.9 Å². The predicted octanol–water partition coefficient (Wildman–Crippen LogP) is 2.69. The van der Waals surface area contributed by atoms with Gasteiger partial charge in [-0.25, -0.2) is 0 Å². The highest BCUT2D eigenvalue weighted by molar-refractivity contribution is 6.36. The molecule has 0 atom stereocenters. The largest absolute Gasteiger partial charge is 0.496 e. The summed E-state index contributed by atoms with van der Waals surface area (Å²) in [5.74, 6) is 0.730. The zero-order valence-corrected chi connectivity index (χ0v) is 14.8. The first-order valence-electron chi connectivity index (χ1n) is 8.68. The standard InChI is InChI=1S/C20H24N2O3/c1-4-11-22-19(23)17(15-7-5-6-8-16(15)25-3)18(20(22)24)21-12-9-14(2)10-13-21/h4-8,14H,1,9-13H2,2-3H3. The number of nitrogens with zero attached hydrogens (tertiary/aromatic N) is 2. The molecule has 0 spiro atoms. The van der Waals surface area contributed by atoms with Crippen LogP contribution in [-0.4, -0.2) is 48.4 Å². The molecule has 2 aliphatic heterocycles. The van der Waals surface area contributed by atoms with Crippen molar-refractivity contribution in [1.82, 2.24) is 9.80 Å². The number of amides is 2. The average Bonchev–Trinajstić information content (AvgIpc) is 2.87. The Hall–Kier alpha value is -2.56. The van der Waals surface area contributed by atoms with Crippen LogP contribution in [0.5, 0.6) is 5.75 Å². The molecule has 2 amide bonds. The quantitative estimate of drug-likeness (QED) is 0.611. The summed E-state index contributed by atoms with van der Waals surface area (Å²) in [5.41, 5.74) is 1.62. The normalized spacial score (nSPS) is 19.0. The van der Waals surface area contributed by atoms with E-state index in [0.29, 0.717) is 28.5 Å². The average molecular weight is 340 g/mol. The third-order valence-electron chi connectivity index (χ3n) is 4.93. The van der Waals surface area contributed by atoms with Crippen LogP contribution in [0.4, 0.5) is 0 Å². The minimum Gasteiger partial charge on any atom is -0.496 e. The molecule has 2 heterocycles. The number of piperidine rings is 1. The van der Waals surface area contributed by atoms with Crippen LogP contribution >= 0.6 is 0 Å². The van der Waals surface area contributed by atoms with Gasteiger partial charge in [-0.05, 0) is 24.8 Å². The molecule has 2 aliphatic rings. The van der Waals surface area contributed by atoms with E-state index in [9.17, 15) is 9.59 Å². The van der Waals surface area contributed by atoms with Gasteiger partial charge in [-0.1, -0.05) is 31.2 Å². The summed E-state index contributed by atoms with van der Waals surface area (Å²) >= 11 is 0. The second-order valence-electron chi connectivity index (χ2n) is 6.60. The fraction of sp³-hybridized carbons (Fsp3) is 0.400. The molecule has 3 rings (SSSR count). The van der Waals surface area contributed by atoms with Crippen LogP contribution in [0.2, 0.25) is 0 Å². The number of hydrogen-bond acceptors (Lipinski definition) is 4. The van der Waals surface area contributed by atoms with Gasteiger partial charge in [-0.2, -0.15) is 0 Å². The minimum atomic E-state index is -0.275. The van der Waals surface area contributed by atoms with Crippen LogP contribution in [0.1, 0.15) is 25.3 Å². The Morgan fingerprint density at radius 1 is 1.20 bits per heavy atom. The molecule has 0 unspecified atom stereocenters. The van der Waals surface area contributed by atoms with Crippen molar-refractivity contribution >= 4 is 17.4 Å². The highest BCUT2D eigenvalue weighted by Gasteiger charge is 2.42. The van der Waals surface area contributed by atoms with Crippen molar-refractivity contribution in [3.05, 3.63) is 48.2 Å². The van der Waals surface area contributed by atoms with Crippen molar-refractivity contribution in [2.75, 3.05) is 26.7 Å². The molecule has 0 aromatic heterocycles. The predicted molar refractivity (Wildman–Crippen MR) is 96.8 cm³/mol. The van der Waals surface area contributed by atoms with Crippen molar-refractivity contribution < 1.29 is 14.3 Å². The second kappa shape index (κ2) is 7.13. The number of rotatable bonds is 5. The summed E-state index contributed by atoms with van der Waals surface area (Å²) < 4.78 is 5.43. The van der Waals surface area contributed by atoms with Gasteiger partial charge < -0.3 is 9.64 Å². The Labute approximate surface area is 148 Å². The minimum absolute atomic E-state index is 0.212. The Bertz CT molecular complexity index is 730. The van der Waals surface area contributed by atoms with E-state index >= 15 is 0 Å². The summed E-state index contributed by atoms with van der Waals surface area (Å²) in [6, 6.07) is 7.36. The fourth-order valence-corrected chi connectivity index (χ4v) is 3.48. The zero-order chi connectivity index (χ0) is 18.0. The van der Waals surface area contributed by atoms with Gasteiger partial charge in [0.1, 0.15) is 11.4 Å². The van der Waals surface area contributed by atoms with Gasteiger partial charge >= 0.3 is 0 Å². The molecular weight excluding hydrogens is 316 g/mol. The molecule has 1 aromatic rings. The van der Waals surface area contributed by atoms with E-state index in [2.05, 4.69) is 18.4 Å². The number of carbonyl (C=O) groups is 2. The lowest BCUT2D eigenvalue weighted by molar-refractivity contribution is -0.137. The second-order valence-corrected chi connectivity index (χ2v) is 6.60. The maximum absolute atomic E-state index is 13.0. The number of ether oxygens (including phenoxy) is 1. The van der Waals surface area contributed by atoms with Crippen LogP contribution in [0.3, 0.4) is 0 Å². The number of likely N-dealkylation sites (tertiary alicyclic amines) is 1. The Morgan fingerprint density at radius 2 is 1.88 bits per heavy atom. The van der Waals surface area contributed by atoms with Gasteiger partial charge in [-0.3, -0.25) is 14.5 Å². The van der Waals surface area contributed by atoms with Crippen molar-refractivity contribution in [2.45, 2.75) is 19.8 Å². The molecule has 0 aliphatic carbocycles. The molecular formula is C20H24N2O3. The molecule has 1 aromatic carbocycles. The summed E-state index contributed by atoms with van der Waals surface area (Å²) in [6.07, 6.45) is 3.62. The third kappa shape index (κ3) is 3.06. The first-order chi connectivity index (χ1) is 12.1. The molecule has 0 N–H and O–H groups in total. The Balaban J connectivity index is 2.11. The molecule has 25 heavy (non-hydrogen) atoms. The highest BCUT2D eigenvalue weighted by atomic mass is 16.5. The van der Waals surface area contributed by atoms with Gasteiger partial charge in [-0.15, -0.1) is 6.58 Å². The number of imide groups is 1. The van der Waals surface area contributed by atoms with Crippen molar-refractivity contribution in [3.8, 4) is 5.75 Å². The number of para-hydroxylation sites is 1. The Kier molecular flexibility index (Phi) is 4.93. The monoisotopic (exact) mass is 340 g/mol. The summed E-state index contributed by atoms with van der Waals surface area (Å²) in [7, 11) is 1.57. The van der Waals surface area contributed by atoms with Crippen LogP contribution in [0.15, 0.2) is 42.6 Å². The fourth-order valence-electron chi connectivity index (χ4n) is 3.48. The summed E-state index contributed by atoms with van der Waals surface area (Å²) in [4.78, 5) is 29.3. The van der Waals surface area contributed by atoms with Crippen LogP contribution in [0.25, 0.3) is 5.57 Å². The van der Waals surface area contributed by atoms with E-state index in [1.54, 1.807) is 13.2 Å². The van der Waals surface area contributed by atoms with E-state index in [1.807, 2.05) is 24.3 Å². The van der Waals surface area contributed by atoms with E-state index < -0.39 is 0 Å². The molecule has 0 saturated carbocycles. The Morgan fingerprint density at radius 3 is 2.52 bits per heavy atom. The maximum atomic E-state index is 13.0. The zero-order valence-electron chi connectivity index (χ0n) is 14.8. The maximum Gasteiger partial charge on any atom is 0.278 e. The smallest absolute Gasteiger partial charge is 0.278 e. The molecule has 5 nitrogen and oxygen atoms in total. The highest BCUT2D eigenvalue weighted by Crippen LogP contribution is 2.37. The summed E-state index contributed by atoms with van der Waals surface area (Å²) in [6.45, 7) is 7.68. The number of benzene rings is 1. The lowest BCUT2D eigenvalue weighted by Crippen LogP contribution is -2.38. The number of hydrogen-bond donors (Lipinski definition) is 0. The van der Waals surface area contributed by atoms with Crippen molar-refractivity contribution in [3.63, 3.8) is 0 Å². The lowest BCUT2D eigenvalue weighted by Gasteiger charge is -2.32. The molecule has 0 bridgehead atoms. The first-order valence-corrected chi connectivity index (χ1v) is 8.68.